The lowest BCUT2D eigenvalue weighted by molar-refractivity contribution is 1.03. The summed E-state index contributed by atoms with van der Waals surface area (Å²) in [5.41, 5.74) is 9.39. The van der Waals surface area contributed by atoms with E-state index in [1.165, 1.54) is 16.0 Å². The maximum atomic E-state index is 6.16. The largest absolute Gasteiger partial charge is 0.326 e. The molecule has 0 spiro atoms. The SMILES string of the molecule is Cc1ccc(Sc2cccc(Cl)c2CN)cc1C. The predicted octanol–water partition coefficient (Wildman–Crippen LogP) is 4.57. The van der Waals surface area contributed by atoms with Gasteiger partial charge in [-0.3, -0.25) is 0 Å². The molecule has 0 bridgehead atoms. The molecule has 0 amide bonds. The Balaban J connectivity index is 2.34. The van der Waals surface area contributed by atoms with Crippen LogP contribution in [0.2, 0.25) is 5.02 Å². The molecule has 0 radical (unpaired) electrons. The van der Waals surface area contributed by atoms with Crippen molar-refractivity contribution in [3.63, 3.8) is 0 Å². The minimum absolute atomic E-state index is 0.465. The lowest BCUT2D eigenvalue weighted by Crippen LogP contribution is -1.99. The molecule has 0 heterocycles. The Bertz CT molecular complexity index is 566. The van der Waals surface area contributed by atoms with Gasteiger partial charge in [-0.05, 0) is 54.8 Å². The summed E-state index contributed by atoms with van der Waals surface area (Å²) in [5, 5.41) is 0.742. The second-order valence-corrected chi connectivity index (χ2v) is 5.79. The fourth-order valence-electron chi connectivity index (χ4n) is 1.74. The summed E-state index contributed by atoms with van der Waals surface area (Å²) in [6, 6.07) is 12.4. The molecule has 3 heteroatoms. The van der Waals surface area contributed by atoms with Gasteiger partial charge >= 0.3 is 0 Å². The Hall–Kier alpha value is -0.960. The molecule has 0 aliphatic rings. The van der Waals surface area contributed by atoms with Crippen molar-refractivity contribution in [3.8, 4) is 0 Å². The van der Waals surface area contributed by atoms with Crippen LogP contribution in [0.5, 0.6) is 0 Å². The normalized spacial score (nSPS) is 10.7. The van der Waals surface area contributed by atoms with Crippen LogP contribution in [-0.4, -0.2) is 0 Å². The Morgan fingerprint density at radius 2 is 1.89 bits per heavy atom. The summed E-state index contributed by atoms with van der Waals surface area (Å²) < 4.78 is 0. The average Bonchev–Trinajstić information content (AvgIpc) is 2.34. The smallest absolute Gasteiger partial charge is 0.0462 e. The summed E-state index contributed by atoms with van der Waals surface area (Å²) >= 11 is 7.87. The van der Waals surface area contributed by atoms with E-state index in [1.54, 1.807) is 11.8 Å². The second kappa shape index (κ2) is 5.79. The first-order valence-electron chi connectivity index (χ1n) is 5.84. The van der Waals surface area contributed by atoms with Gasteiger partial charge in [-0.1, -0.05) is 35.5 Å². The van der Waals surface area contributed by atoms with Gasteiger partial charge in [0.2, 0.25) is 0 Å². The van der Waals surface area contributed by atoms with Gasteiger partial charge in [0.05, 0.1) is 0 Å². The summed E-state index contributed by atoms with van der Waals surface area (Å²) in [5.74, 6) is 0. The van der Waals surface area contributed by atoms with Crippen LogP contribution in [0.1, 0.15) is 16.7 Å². The molecule has 18 heavy (non-hydrogen) atoms. The highest BCUT2D eigenvalue weighted by Crippen LogP contribution is 2.34. The molecule has 0 aliphatic heterocycles. The van der Waals surface area contributed by atoms with Crippen molar-refractivity contribution >= 4 is 23.4 Å². The molecule has 0 fully saturated rings. The summed E-state index contributed by atoms with van der Waals surface area (Å²) in [6.45, 7) is 4.71. The quantitative estimate of drug-likeness (QED) is 0.890. The summed E-state index contributed by atoms with van der Waals surface area (Å²) in [4.78, 5) is 2.35. The zero-order valence-electron chi connectivity index (χ0n) is 10.5. The first-order valence-corrected chi connectivity index (χ1v) is 7.04. The van der Waals surface area contributed by atoms with Crippen LogP contribution in [-0.2, 0) is 6.54 Å². The number of aryl methyl sites for hydroxylation is 2. The fraction of sp³-hybridized carbons (Fsp3) is 0.200. The fourth-order valence-corrected chi connectivity index (χ4v) is 3.13. The number of rotatable bonds is 3. The predicted molar refractivity (Wildman–Crippen MR) is 79.4 cm³/mol. The lowest BCUT2D eigenvalue weighted by Gasteiger charge is -2.10. The van der Waals surface area contributed by atoms with E-state index in [4.69, 9.17) is 17.3 Å². The number of benzene rings is 2. The van der Waals surface area contributed by atoms with Crippen molar-refractivity contribution in [2.45, 2.75) is 30.2 Å². The Labute approximate surface area is 117 Å². The third-order valence-electron chi connectivity index (χ3n) is 2.99. The molecule has 94 valence electrons. The number of nitrogens with two attached hydrogens (primary N) is 1. The van der Waals surface area contributed by atoms with Crippen molar-refractivity contribution in [1.29, 1.82) is 0 Å². The van der Waals surface area contributed by atoms with Crippen LogP contribution in [0.15, 0.2) is 46.2 Å². The van der Waals surface area contributed by atoms with Crippen LogP contribution in [0, 0.1) is 13.8 Å². The van der Waals surface area contributed by atoms with E-state index in [0.717, 1.165) is 15.5 Å². The van der Waals surface area contributed by atoms with E-state index >= 15 is 0 Å². The standard InChI is InChI=1S/C15H16ClNS/c1-10-6-7-12(8-11(10)2)18-15-5-3-4-14(16)13(15)9-17/h3-8H,9,17H2,1-2H3. The molecular formula is C15H16ClNS. The van der Waals surface area contributed by atoms with Gasteiger partial charge in [-0.15, -0.1) is 0 Å². The van der Waals surface area contributed by atoms with Crippen LogP contribution in [0.4, 0.5) is 0 Å². The molecule has 0 aliphatic carbocycles. The highest BCUT2D eigenvalue weighted by Gasteiger charge is 2.07. The van der Waals surface area contributed by atoms with E-state index in [2.05, 4.69) is 38.1 Å². The monoisotopic (exact) mass is 277 g/mol. The molecule has 2 aromatic carbocycles. The minimum atomic E-state index is 0.465. The van der Waals surface area contributed by atoms with E-state index in [1.807, 2.05) is 12.1 Å². The Morgan fingerprint density at radius 3 is 2.56 bits per heavy atom. The minimum Gasteiger partial charge on any atom is -0.326 e. The highest BCUT2D eigenvalue weighted by molar-refractivity contribution is 7.99. The van der Waals surface area contributed by atoms with E-state index < -0.39 is 0 Å². The van der Waals surface area contributed by atoms with Crippen molar-refractivity contribution in [1.82, 2.24) is 0 Å². The molecular weight excluding hydrogens is 262 g/mol. The van der Waals surface area contributed by atoms with Crippen molar-refractivity contribution in [2.75, 3.05) is 0 Å². The number of hydrogen-bond acceptors (Lipinski definition) is 2. The van der Waals surface area contributed by atoms with Crippen molar-refractivity contribution in [2.24, 2.45) is 5.73 Å². The number of hydrogen-bond donors (Lipinski definition) is 1. The molecule has 0 saturated carbocycles. The van der Waals surface area contributed by atoms with Crippen molar-refractivity contribution < 1.29 is 0 Å². The Morgan fingerprint density at radius 1 is 1.11 bits per heavy atom. The molecule has 0 saturated heterocycles. The van der Waals surface area contributed by atoms with E-state index in [-0.39, 0.29) is 0 Å². The molecule has 1 nitrogen and oxygen atoms in total. The zero-order valence-corrected chi connectivity index (χ0v) is 12.1. The van der Waals surface area contributed by atoms with Gasteiger partial charge < -0.3 is 5.73 Å². The Kier molecular flexibility index (Phi) is 4.33. The second-order valence-electron chi connectivity index (χ2n) is 4.27. The van der Waals surface area contributed by atoms with Gasteiger partial charge in [0.15, 0.2) is 0 Å². The topological polar surface area (TPSA) is 26.0 Å². The average molecular weight is 278 g/mol. The summed E-state index contributed by atoms with van der Waals surface area (Å²) in [7, 11) is 0. The maximum absolute atomic E-state index is 6.16. The van der Waals surface area contributed by atoms with Gasteiger partial charge in [0.25, 0.3) is 0 Å². The first-order chi connectivity index (χ1) is 8.61. The maximum Gasteiger partial charge on any atom is 0.0462 e. The molecule has 0 atom stereocenters. The van der Waals surface area contributed by atoms with Crippen molar-refractivity contribution in [3.05, 3.63) is 58.1 Å². The summed E-state index contributed by atoms with van der Waals surface area (Å²) in [6.07, 6.45) is 0. The first kappa shape index (κ1) is 13.5. The van der Waals surface area contributed by atoms with Gasteiger partial charge in [-0.25, -0.2) is 0 Å². The molecule has 0 unspecified atom stereocenters. The van der Waals surface area contributed by atoms with Gasteiger partial charge in [0, 0.05) is 21.4 Å². The molecule has 2 rings (SSSR count). The van der Waals surface area contributed by atoms with E-state index in [9.17, 15) is 0 Å². The van der Waals surface area contributed by atoms with Gasteiger partial charge in [-0.2, -0.15) is 0 Å². The molecule has 2 aromatic rings. The van der Waals surface area contributed by atoms with Gasteiger partial charge in [0.1, 0.15) is 0 Å². The molecule has 0 aromatic heterocycles. The third-order valence-corrected chi connectivity index (χ3v) is 4.43. The highest BCUT2D eigenvalue weighted by atomic mass is 35.5. The van der Waals surface area contributed by atoms with Crippen LogP contribution in [0.25, 0.3) is 0 Å². The molecule has 2 N–H and O–H groups in total. The lowest BCUT2D eigenvalue weighted by atomic mass is 10.1. The van der Waals surface area contributed by atoms with Crippen LogP contribution < -0.4 is 5.73 Å². The van der Waals surface area contributed by atoms with Crippen LogP contribution in [0.3, 0.4) is 0 Å². The third kappa shape index (κ3) is 2.89. The zero-order chi connectivity index (χ0) is 13.1. The number of halogens is 1. The van der Waals surface area contributed by atoms with E-state index in [0.29, 0.717) is 6.54 Å². The van der Waals surface area contributed by atoms with Crippen LogP contribution >= 0.6 is 23.4 Å².